The third kappa shape index (κ3) is 12.0. The third-order valence-corrected chi connectivity index (χ3v) is 5.20. The van der Waals surface area contributed by atoms with Gasteiger partial charge in [-0.2, -0.15) is 11.8 Å². The van der Waals surface area contributed by atoms with Gasteiger partial charge in [0.05, 0.1) is 0 Å². The molecule has 0 unspecified atom stereocenters. The zero-order valence-corrected chi connectivity index (χ0v) is 20.3. The average molecular weight is 536 g/mol. The summed E-state index contributed by atoms with van der Waals surface area (Å²) in [5, 5.41) is 25.7. The van der Waals surface area contributed by atoms with E-state index in [0.29, 0.717) is 0 Å². The van der Waals surface area contributed by atoms with Gasteiger partial charge >= 0.3 is 0 Å². The minimum Gasteiger partial charge on any atom is -0.504 e. The number of thioether (sulfide) groups is 1. The fraction of sp³-hybridized carbons (Fsp3) is 0.429. The lowest BCUT2D eigenvalue weighted by Crippen LogP contribution is -2.21. The molecule has 4 nitrogen and oxygen atoms in total. The van der Waals surface area contributed by atoms with Crippen molar-refractivity contribution in [3.05, 3.63) is 59.7 Å². The molecule has 0 bridgehead atoms. The third-order valence-electron chi connectivity index (χ3n) is 4.13. The average Bonchev–Trinajstić information content (AvgIpc) is 2.66. The Balaban J connectivity index is 0.00000364. The molecular formula is C21H32Br2N2O2S. The second-order valence-corrected chi connectivity index (χ2v) is 7.50. The molecule has 0 aliphatic heterocycles. The van der Waals surface area contributed by atoms with Crippen LogP contribution in [0.4, 0.5) is 0 Å². The molecule has 2 aromatic rings. The minimum absolute atomic E-state index is 0. The summed E-state index contributed by atoms with van der Waals surface area (Å²) in [4.78, 5) is 0. The van der Waals surface area contributed by atoms with Gasteiger partial charge in [0.1, 0.15) is 0 Å². The number of halogens is 2. The normalized spacial score (nSPS) is 10.1. The summed E-state index contributed by atoms with van der Waals surface area (Å²) in [7, 11) is 0. The van der Waals surface area contributed by atoms with Crippen molar-refractivity contribution < 1.29 is 10.2 Å². The summed E-state index contributed by atoms with van der Waals surface area (Å²) in [6, 6.07) is 15.6. The summed E-state index contributed by atoms with van der Waals surface area (Å²) in [6.45, 7) is 4.00. The number of phenolic OH excluding ortho intramolecular Hbond substituents is 2. The van der Waals surface area contributed by atoms with Crippen molar-refractivity contribution >= 4 is 45.7 Å². The van der Waals surface area contributed by atoms with Gasteiger partial charge < -0.3 is 20.8 Å². The molecule has 2 aromatic carbocycles. The van der Waals surface area contributed by atoms with Crippen molar-refractivity contribution in [1.82, 2.24) is 10.6 Å². The maximum Gasteiger partial charge on any atom is 0.157 e. The maximum atomic E-state index is 9.46. The molecule has 0 aliphatic rings. The first-order chi connectivity index (χ1) is 12.8. The highest BCUT2D eigenvalue weighted by molar-refractivity contribution is 8.93. The highest BCUT2D eigenvalue weighted by Gasteiger charge is 2.00. The molecular weight excluding hydrogens is 504 g/mol. The number of hydrogen-bond acceptors (Lipinski definition) is 5. The number of benzene rings is 2. The van der Waals surface area contributed by atoms with Crippen LogP contribution in [0.5, 0.6) is 11.5 Å². The lowest BCUT2D eigenvalue weighted by atomic mass is 10.1. The van der Waals surface area contributed by atoms with Gasteiger partial charge in [0.15, 0.2) is 11.5 Å². The molecule has 0 amide bonds. The fourth-order valence-electron chi connectivity index (χ4n) is 2.63. The summed E-state index contributed by atoms with van der Waals surface area (Å²) >= 11 is 1.98. The van der Waals surface area contributed by atoms with Crippen molar-refractivity contribution in [1.29, 1.82) is 0 Å². The van der Waals surface area contributed by atoms with Crippen LogP contribution >= 0.6 is 45.7 Å². The molecule has 7 heteroatoms. The fourth-order valence-corrected chi connectivity index (χ4v) is 3.47. The Labute approximate surface area is 194 Å². The highest BCUT2D eigenvalue weighted by atomic mass is 79.9. The van der Waals surface area contributed by atoms with E-state index in [-0.39, 0.29) is 45.5 Å². The Morgan fingerprint density at radius 1 is 0.679 bits per heavy atom. The summed E-state index contributed by atoms with van der Waals surface area (Å²) < 4.78 is 0. The highest BCUT2D eigenvalue weighted by Crippen LogP contribution is 2.24. The van der Waals surface area contributed by atoms with Crippen molar-refractivity contribution in [2.24, 2.45) is 0 Å². The molecule has 0 atom stereocenters. The van der Waals surface area contributed by atoms with E-state index >= 15 is 0 Å². The lowest BCUT2D eigenvalue weighted by Gasteiger charge is -2.07. The van der Waals surface area contributed by atoms with Crippen LogP contribution in [0.1, 0.15) is 17.5 Å². The quantitative estimate of drug-likeness (QED) is 0.227. The van der Waals surface area contributed by atoms with Crippen molar-refractivity contribution in [2.45, 2.75) is 19.3 Å². The molecule has 0 spiro atoms. The Morgan fingerprint density at radius 2 is 1.36 bits per heavy atom. The van der Waals surface area contributed by atoms with Crippen LogP contribution in [-0.2, 0) is 12.8 Å². The number of hydrogen-bond donors (Lipinski definition) is 4. The van der Waals surface area contributed by atoms with Gasteiger partial charge in [0, 0.05) is 12.3 Å². The molecule has 0 aromatic heterocycles. The molecule has 158 valence electrons. The number of rotatable bonds is 13. The second-order valence-electron chi connectivity index (χ2n) is 6.27. The van der Waals surface area contributed by atoms with E-state index in [4.69, 9.17) is 0 Å². The Kier molecular flexibility index (Phi) is 16.7. The topological polar surface area (TPSA) is 64.5 Å². The van der Waals surface area contributed by atoms with Gasteiger partial charge in [-0.3, -0.25) is 0 Å². The Hall–Kier alpha value is -0.730. The van der Waals surface area contributed by atoms with Gasteiger partial charge in [-0.25, -0.2) is 0 Å². The number of nitrogens with one attached hydrogen (secondary N) is 2. The van der Waals surface area contributed by atoms with E-state index in [0.717, 1.165) is 50.3 Å². The van der Waals surface area contributed by atoms with Gasteiger partial charge in [-0.15, -0.1) is 34.0 Å². The van der Waals surface area contributed by atoms with Crippen LogP contribution in [0.25, 0.3) is 0 Å². The SMILES string of the molecule is Br.Br.Oc1ccc(CCNCCSCCCNCCc2ccccc2)cc1O. The molecule has 0 heterocycles. The molecule has 4 N–H and O–H groups in total. The molecule has 0 aliphatic carbocycles. The van der Waals surface area contributed by atoms with Gasteiger partial charge in [0.2, 0.25) is 0 Å². The molecule has 0 fully saturated rings. The van der Waals surface area contributed by atoms with Crippen LogP contribution < -0.4 is 10.6 Å². The first-order valence-corrected chi connectivity index (χ1v) is 10.4. The van der Waals surface area contributed by atoms with E-state index in [2.05, 4.69) is 41.0 Å². The largest absolute Gasteiger partial charge is 0.504 e. The lowest BCUT2D eigenvalue weighted by molar-refractivity contribution is 0.403. The first-order valence-electron chi connectivity index (χ1n) is 9.29. The molecule has 2 rings (SSSR count). The van der Waals surface area contributed by atoms with Crippen LogP contribution in [0.2, 0.25) is 0 Å². The van der Waals surface area contributed by atoms with Crippen LogP contribution in [-0.4, -0.2) is 47.9 Å². The van der Waals surface area contributed by atoms with E-state index in [9.17, 15) is 10.2 Å². The molecule has 28 heavy (non-hydrogen) atoms. The zero-order valence-electron chi connectivity index (χ0n) is 16.1. The van der Waals surface area contributed by atoms with E-state index < -0.39 is 0 Å². The standard InChI is InChI=1S/C21H30N2O2S.2BrH/c24-20-8-7-19(17-21(20)25)10-13-23-14-16-26-15-4-11-22-12-9-18-5-2-1-3-6-18;;/h1-3,5-8,17,22-25H,4,9-16H2;2*1H. The van der Waals surface area contributed by atoms with Crippen LogP contribution in [0.3, 0.4) is 0 Å². The predicted octanol–water partition coefficient (Wildman–Crippen LogP) is 4.34. The predicted molar refractivity (Wildman–Crippen MR) is 132 cm³/mol. The monoisotopic (exact) mass is 534 g/mol. The number of aromatic hydroxyl groups is 2. The number of phenols is 2. The van der Waals surface area contributed by atoms with Crippen molar-refractivity contribution in [3.8, 4) is 11.5 Å². The van der Waals surface area contributed by atoms with E-state index in [1.807, 2.05) is 17.8 Å². The Bertz CT molecular complexity index is 633. The summed E-state index contributed by atoms with van der Waals surface area (Å²) in [6.07, 6.45) is 3.15. The maximum absolute atomic E-state index is 9.46. The summed E-state index contributed by atoms with van der Waals surface area (Å²) in [5.74, 6) is 2.19. The minimum atomic E-state index is -0.0623. The summed E-state index contributed by atoms with van der Waals surface area (Å²) in [5.41, 5.74) is 2.42. The Morgan fingerprint density at radius 3 is 2.07 bits per heavy atom. The van der Waals surface area contributed by atoms with Gasteiger partial charge in [0.25, 0.3) is 0 Å². The molecule has 0 saturated heterocycles. The van der Waals surface area contributed by atoms with Gasteiger partial charge in [-0.1, -0.05) is 36.4 Å². The van der Waals surface area contributed by atoms with Gasteiger partial charge in [-0.05, 0) is 67.9 Å². The smallest absolute Gasteiger partial charge is 0.157 e. The second kappa shape index (κ2) is 17.2. The molecule has 0 saturated carbocycles. The van der Waals surface area contributed by atoms with E-state index in [1.165, 1.54) is 23.8 Å². The molecule has 0 radical (unpaired) electrons. The van der Waals surface area contributed by atoms with Crippen molar-refractivity contribution in [3.63, 3.8) is 0 Å². The first kappa shape index (κ1) is 27.3. The zero-order chi connectivity index (χ0) is 18.5. The van der Waals surface area contributed by atoms with E-state index in [1.54, 1.807) is 6.07 Å². The van der Waals surface area contributed by atoms with Crippen LogP contribution in [0.15, 0.2) is 48.5 Å². The van der Waals surface area contributed by atoms with Crippen LogP contribution in [0, 0.1) is 0 Å². The van der Waals surface area contributed by atoms with Crippen molar-refractivity contribution in [2.75, 3.05) is 37.7 Å².